The molecule has 0 amide bonds. The van der Waals surface area contributed by atoms with E-state index in [4.69, 9.17) is 25.8 Å². The molecule has 2 N–H and O–H groups in total. The molecule has 0 unspecified atom stereocenters. The fraction of sp³-hybridized carbons (Fsp3) is 0.520. The largest absolute Gasteiger partial charge is 0.494 e. The van der Waals surface area contributed by atoms with Gasteiger partial charge in [-0.15, -0.1) is 11.6 Å². The number of rotatable bonds is 14. The minimum atomic E-state index is -2.05. The summed E-state index contributed by atoms with van der Waals surface area (Å²) in [7, 11) is 0. The molecule has 0 radical (unpaired) electrons. The summed E-state index contributed by atoms with van der Waals surface area (Å²) >= 11 is 7.72. The van der Waals surface area contributed by atoms with Gasteiger partial charge >= 0.3 is 0 Å². The molecule has 0 aliphatic heterocycles. The molecule has 5 nitrogen and oxygen atoms in total. The first kappa shape index (κ1) is 27.2. The Kier molecular flexibility index (Phi) is 11.0. The molecule has 0 aromatic heterocycles. The van der Waals surface area contributed by atoms with Crippen molar-refractivity contribution in [3.05, 3.63) is 57.2 Å². The molecular weight excluding hydrogens is 543 g/mol. The number of unbranched alkanes of at least 4 members (excludes halogenated alkanes) is 1. The van der Waals surface area contributed by atoms with Crippen LogP contribution in [-0.4, -0.2) is 48.3 Å². The molecule has 0 saturated carbocycles. The minimum Gasteiger partial charge on any atom is -0.494 e. The molecule has 32 heavy (non-hydrogen) atoms. The van der Waals surface area contributed by atoms with Crippen molar-refractivity contribution in [2.24, 2.45) is 0 Å². The van der Waals surface area contributed by atoms with Crippen molar-refractivity contribution >= 4 is 34.2 Å². The maximum absolute atomic E-state index is 9.62. The van der Waals surface area contributed by atoms with E-state index in [0.29, 0.717) is 12.4 Å². The van der Waals surface area contributed by atoms with Crippen molar-refractivity contribution in [3.63, 3.8) is 0 Å². The lowest BCUT2D eigenvalue weighted by Gasteiger charge is -2.27. The van der Waals surface area contributed by atoms with Crippen LogP contribution in [0, 0.1) is 3.57 Å². The van der Waals surface area contributed by atoms with Gasteiger partial charge in [-0.1, -0.05) is 45.4 Å². The smallest absolute Gasteiger partial charge is 0.211 e. The number of hydrogen-bond donors (Lipinski definition) is 2. The Hall–Kier alpha value is -1.06. The Labute approximate surface area is 210 Å². The minimum absolute atomic E-state index is 0.224. The van der Waals surface area contributed by atoms with Gasteiger partial charge in [-0.3, -0.25) is 0 Å². The fourth-order valence-corrected chi connectivity index (χ4v) is 3.82. The summed E-state index contributed by atoms with van der Waals surface area (Å²) in [4.78, 5) is 0. The van der Waals surface area contributed by atoms with Gasteiger partial charge in [0, 0.05) is 25.0 Å². The van der Waals surface area contributed by atoms with Gasteiger partial charge in [-0.2, -0.15) is 0 Å². The van der Waals surface area contributed by atoms with Crippen molar-refractivity contribution in [2.45, 2.75) is 51.2 Å². The highest BCUT2D eigenvalue weighted by Gasteiger charge is 2.26. The number of hydrogen-bond acceptors (Lipinski definition) is 5. The maximum atomic E-state index is 9.62. The molecule has 0 spiro atoms. The molecule has 0 saturated heterocycles. The van der Waals surface area contributed by atoms with Crippen LogP contribution in [0.2, 0.25) is 0 Å². The predicted octanol–water partition coefficient (Wildman–Crippen LogP) is 5.50. The highest BCUT2D eigenvalue weighted by molar-refractivity contribution is 14.1. The van der Waals surface area contributed by atoms with Gasteiger partial charge in [-0.25, -0.2) is 0 Å². The molecule has 0 atom stereocenters. The summed E-state index contributed by atoms with van der Waals surface area (Å²) in [5, 5.41) is 19.2. The summed E-state index contributed by atoms with van der Waals surface area (Å²) in [6.07, 6.45) is 3.13. The zero-order valence-corrected chi connectivity index (χ0v) is 22.0. The molecule has 2 aromatic carbocycles. The topological polar surface area (TPSA) is 68.2 Å². The molecule has 0 aliphatic rings. The van der Waals surface area contributed by atoms with Gasteiger partial charge < -0.3 is 24.4 Å². The third-order valence-corrected chi connectivity index (χ3v) is 6.52. The van der Waals surface area contributed by atoms with Crippen molar-refractivity contribution in [2.75, 3.05) is 32.3 Å². The second-order valence-electron chi connectivity index (χ2n) is 8.37. The van der Waals surface area contributed by atoms with Crippen LogP contribution >= 0.6 is 34.2 Å². The zero-order chi connectivity index (χ0) is 23.6. The molecule has 0 aliphatic carbocycles. The van der Waals surface area contributed by atoms with E-state index < -0.39 is 5.79 Å². The van der Waals surface area contributed by atoms with Gasteiger partial charge in [0.15, 0.2) is 0 Å². The number of benzene rings is 2. The fourth-order valence-electron chi connectivity index (χ4n) is 3.07. The Morgan fingerprint density at radius 3 is 2.19 bits per heavy atom. The van der Waals surface area contributed by atoms with Crippen molar-refractivity contribution in [3.8, 4) is 11.5 Å². The lowest BCUT2D eigenvalue weighted by atomic mass is 9.78. The number of ether oxygens (including phenoxy) is 3. The van der Waals surface area contributed by atoms with Crippen molar-refractivity contribution in [1.29, 1.82) is 0 Å². The zero-order valence-electron chi connectivity index (χ0n) is 19.1. The summed E-state index contributed by atoms with van der Waals surface area (Å²) in [5.74, 6) is -0.923. The van der Waals surface area contributed by atoms with Crippen LogP contribution in [0.3, 0.4) is 0 Å². The van der Waals surface area contributed by atoms with Crippen LogP contribution in [0.15, 0.2) is 42.5 Å². The predicted molar refractivity (Wildman–Crippen MR) is 137 cm³/mol. The standard InChI is InChI=1S/C25H34ClIO5/c1-4-5-13-30-14-6-15-31-21-10-7-19(8-11-21)24(2,3)20-9-12-23(22(27)16-20)32-18-25(28,29)17-26/h7-12,16,28-29H,4-6,13-15,17-18H2,1-3H3. The van der Waals surface area contributed by atoms with Gasteiger partial charge in [0.1, 0.15) is 18.1 Å². The average molecular weight is 577 g/mol. The van der Waals surface area contributed by atoms with Crippen LogP contribution < -0.4 is 9.47 Å². The van der Waals surface area contributed by atoms with Crippen LogP contribution in [-0.2, 0) is 10.2 Å². The first-order valence-corrected chi connectivity index (χ1v) is 12.6. The molecule has 178 valence electrons. The monoisotopic (exact) mass is 576 g/mol. The first-order chi connectivity index (χ1) is 15.2. The van der Waals surface area contributed by atoms with E-state index in [1.165, 1.54) is 5.56 Å². The summed E-state index contributed by atoms with van der Waals surface area (Å²) in [6.45, 7) is 8.40. The van der Waals surface area contributed by atoms with E-state index in [9.17, 15) is 10.2 Å². The Balaban J connectivity index is 1.95. The second-order valence-corrected chi connectivity index (χ2v) is 9.80. The summed E-state index contributed by atoms with van der Waals surface area (Å²) < 4.78 is 17.8. The molecule has 0 fully saturated rings. The molecule has 2 aromatic rings. The van der Waals surface area contributed by atoms with E-state index in [2.05, 4.69) is 61.6 Å². The van der Waals surface area contributed by atoms with Crippen LogP contribution in [0.5, 0.6) is 11.5 Å². The summed E-state index contributed by atoms with van der Waals surface area (Å²) in [5.41, 5.74) is 2.07. The van der Waals surface area contributed by atoms with E-state index in [-0.39, 0.29) is 17.9 Å². The molecule has 2 rings (SSSR count). The third-order valence-electron chi connectivity index (χ3n) is 5.25. The van der Waals surface area contributed by atoms with Gasteiger partial charge in [0.25, 0.3) is 0 Å². The van der Waals surface area contributed by atoms with Gasteiger partial charge in [-0.05, 0) is 64.4 Å². The quantitative estimate of drug-likeness (QED) is 0.135. The van der Waals surface area contributed by atoms with E-state index in [1.54, 1.807) is 0 Å². The summed E-state index contributed by atoms with van der Waals surface area (Å²) in [6, 6.07) is 14.1. The van der Waals surface area contributed by atoms with Crippen LogP contribution in [0.4, 0.5) is 0 Å². The van der Waals surface area contributed by atoms with Gasteiger partial charge in [0.2, 0.25) is 5.79 Å². The maximum Gasteiger partial charge on any atom is 0.211 e. The Bertz CT molecular complexity index is 824. The lowest BCUT2D eigenvalue weighted by Crippen LogP contribution is -2.37. The molecule has 0 bridgehead atoms. The number of alkyl halides is 1. The number of aliphatic hydroxyl groups is 2. The Morgan fingerprint density at radius 2 is 1.56 bits per heavy atom. The van der Waals surface area contributed by atoms with Crippen molar-refractivity contribution < 1.29 is 24.4 Å². The third kappa shape index (κ3) is 8.37. The van der Waals surface area contributed by atoms with Crippen LogP contribution in [0.25, 0.3) is 0 Å². The lowest BCUT2D eigenvalue weighted by molar-refractivity contribution is -0.162. The SMILES string of the molecule is CCCCOCCCOc1ccc(C(C)(C)c2ccc(OCC(O)(O)CCl)c(I)c2)cc1. The average Bonchev–Trinajstić information content (AvgIpc) is 2.78. The molecular formula is C25H34ClIO5. The van der Waals surface area contributed by atoms with E-state index >= 15 is 0 Å². The highest BCUT2D eigenvalue weighted by atomic mass is 127. The molecule has 7 heteroatoms. The Morgan fingerprint density at radius 1 is 0.906 bits per heavy atom. The normalized spacial score (nSPS) is 12.1. The van der Waals surface area contributed by atoms with Crippen LogP contribution in [0.1, 0.15) is 51.2 Å². The highest BCUT2D eigenvalue weighted by Crippen LogP contribution is 2.35. The number of halogens is 2. The second kappa shape index (κ2) is 13.0. The van der Waals surface area contributed by atoms with Crippen molar-refractivity contribution in [1.82, 2.24) is 0 Å². The van der Waals surface area contributed by atoms with E-state index in [0.717, 1.165) is 47.4 Å². The first-order valence-electron chi connectivity index (χ1n) is 10.9. The molecule has 0 heterocycles. The van der Waals surface area contributed by atoms with E-state index in [1.807, 2.05) is 24.3 Å². The van der Waals surface area contributed by atoms with Gasteiger partial charge in [0.05, 0.1) is 16.1 Å².